The predicted molar refractivity (Wildman–Crippen MR) is 170 cm³/mol. The summed E-state index contributed by atoms with van der Waals surface area (Å²) in [6.45, 7) is 18.1. The number of hydrogen-bond acceptors (Lipinski definition) is 9. The maximum atomic E-state index is 6.14. The van der Waals surface area contributed by atoms with Crippen LogP contribution in [0.25, 0.3) is 0 Å². The van der Waals surface area contributed by atoms with Gasteiger partial charge >= 0.3 is 18.0 Å². The van der Waals surface area contributed by atoms with Crippen molar-refractivity contribution in [3.63, 3.8) is 0 Å². The summed E-state index contributed by atoms with van der Waals surface area (Å²) in [5.74, 6) is 1.82. The molecule has 4 aromatic rings. The van der Waals surface area contributed by atoms with Gasteiger partial charge in [-0.1, -0.05) is 18.2 Å². The van der Waals surface area contributed by atoms with Gasteiger partial charge in [0, 0.05) is 74.5 Å². The molecule has 0 saturated heterocycles. The predicted octanol–water partition coefficient (Wildman–Crippen LogP) is 7.79. The van der Waals surface area contributed by atoms with Crippen LogP contribution in [0.3, 0.4) is 0 Å². The van der Waals surface area contributed by atoms with Crippen LogP contribution in [0.4, 0.5) is 17.1 Å². The van der Waals surface area contributed by atoms with Crippen LogP contribution in [-0.4, -0.2) is 54.2 Å². The van der Waals surface area contributed by atoms with Crippen molar-refractivity contribution in [3.05, 3.63) is 72.8 Å². The Morgan fingerprint density at radius 1 is 0.429 bits per heavy atom. The molecule has 0 atom stereocenters. The van der Waals surface area contributed by atoms with Gasteiger partial charge in [0.05, 0.1) is 0 Å². The Bertz CT molecular complexity index is 1240. The van der Waals surface area contributed by atoms with Gasteiger partial charge in [0.2, 0.25) is 0 Å². The van der Waals surface area contributed by atoms with Gasteiger partial charge in [-0.2, -0.15) is 0 Å². The third-order valence-electron chi connectivity index (χ3n) is 7.04. The van der Waals surface area contributed by atoms with Crippen molar-refractivity contribution in [1.29, 1.82) is 0 Å². The molecule has 9 nitrogen and oxygen atoms in total. The zero-order chi connectivity index (χ0) is 29.9. The van der Waals surface area contributed by atoms with Crippen LogP contribution in [0.5, 0.6) is 35.3 Å². The molecule has 0 N–H and O–H groups in total. The van der Waals surface area contributed by atoms with Gasteiger partial charge in [-0.05, 0) is 77.9 Å². The molecule has 4 rings (SSSR count). The first-order valence-corrected chi connectivity index (χ1v) is 14.8. The van der Waals surface area contributed by atoms with Gasteiger partial charge in [0.1, 0.15) is 17.2 Å². The third-order valence-corrected chi connectivity index (χ3v) is 7.04. The second-order valence-electron chi connectivity index (χ2n) is 9.50. The van der Waals surface area contributed by atoms with Gasteiger partial charge in [-0.15, -0.1) is 15.0 Å². The molecule has 9 heteroatoms. The van der Waals surface area contributed by atoms with Crippen LogP contribution in [-0.2, 0) is 0 Å². The molecule has 0 unspecified atom stereocenters. The van der Waals surface area contributed by atoms with E-state index in [0.717, 1.165) is 56.3 Å². The van der Waals surface area contributed by atoms with Crippen molar-refractivity contribution < 1.29 is 14.2 Å². The summed E-state index contributed by atoms with van der Waals surface area (Å²) in [6.07, 6.45) is 0. The molecule has 1 aromatic heterocycles. The third kappa shape index (κ3) is 7.81. The summed E-state index contributed by atoms with van der Waals surface area (Å²) in [6, 6.07) is 23.8. The molecular formula is C33H42N6O3. The molecule has 0 saturated carbocycles. The summed E-state index contributed by atoms with van der Waals surface area (Å²) in [5, 5.41) is 0. The number of rotatable bonds is 15. The molecule has 1 heterocycles. The maximum absolute atomic E-state index is 6.14. The van der Waals surface area contributed by atoms with Crippen molar-refractivity contribution in [2.45, 2.75) is 41.5 Å². The number of anilines is 3. The van der Waals surface area contributed by atoms with Gasteiger partial charge in [-0.25, -0.2) is 0 Å². The van der Waals surface area contributed by atoms with Crippen molar-refractivity contribution in [1.82, 2.24) is 15.0 Å². The number of aromatic nitrogens is 3. The number of benzene rings is 3. The van der Waals surface area contributed by atoms with Gasteiger partial charge < -0.3 is 28.9 Å². The zero-order valence-electron chi connectivity index (χ0n) is 25.6. The van der Waals surface area contributed by atoms with E-state index in [1.54, 1.807) is 0 Å². The van der Waals surface area contributed by atoms with E-state index < -0.39 is 0 Å². The largest absolute Gasteiger partial charge is 0.424 e. The number of hydrogen-bond donors (Lipinski definition) is 0. The van der Waals surface area contributed by atoms with E-state index in [-0.39, 0.29) is 18.0 Å². The van der Waals surface area contributed by atoms with Crippen LogP contribution < -0.4 is 28.9 Å². The molecule has 42 heavy (non-hydrogen) atoms. The van der Waals surface area contributed by atoms with Crippen LogP contribution >= 0.6 is 0 Å². The van der Waals surface area contributed by atoms with E-state index in [2.05, 4.69) is 89.4 Å². The second-order valence-corrected chi connectivity index (χ2v) is 9.50. The van der Waals surface area contributed by atoms with Gasteiger partial charge in [0.15, 0.2) is 0 Å². The minimum atomic E-state index is 0.0755. The zero-order valence-corrected chi connectivity index (χ0v) is 25.6. The van der Waals surface area contributed by atoms with E-state index >= 15 is 0 Å². The molecule has 222 valence electrons. The summed E-state index contributed by atoms with van der Waals surface area (Å²) in [4.78, 5) is 20.2. The fourth-order valence-corrected chi connectivity index (χ4v) is 4.77. The van der Waals surface area contributed by atoms with Crippen LogP contribution in [0.2, 0.25) is 0 Å². The quantitative estimate of drug-likeness (QED) is 0.142. The van der Waals surface area contributed by atoms with Gasteiger partial charge in [0.25, 0.3) is 0 Å². The molecule has 0 spiro atoms. The van der Waals surface area contributed by atoms with Gasteiger partial charge in [-0.3, -0.25) is 0 Å². The average molecular weight is 571 g/mol. The van der Waals surface area contributed by atoms with E-state index in [1.807, 2.05) is 54.6 Å². The lowest BCUT2D eigenvalue weighted by molar-refractivity contribution is 0.362. The highest BCUT2D eigenvalue weighted by Gasteiger charge is 2.15. The first kappa shape index (κ1) is 30.4. The van der Waals surface area contributed by atoms with Crippen LogP contribution in [0, 0.1) is 0 Å². The monoisotopic (exact) mass is 570 g/mol. The topological polar surface area (TPSA) is 76.1 Å². The minimum Gasteiger partial charge on any atom is -0.424 e. The lowest BCUT2D eigenvalue weighted by Gasteiger charge is -2.21. The van der Waals surface area contributed by atoms with Crippen molar-refractivity contribution in [2.24, 2.45) is 0 Å². The Kier molecular flexibility index (Phi) is 10.8. The first-order chi connectivity index (χ1) is 20.5. The first-order valence-electron chi connectivity index (χ1n) is 14.8. The lowest BCUT2D eigenvalue weighted by atomic mass is 10.2. The summed E-state index contributed by atoms with van der Waals surface area (Å²) in [7, 11) is 0. The SMILES string of the molecule is CCN(CC)c1cccc(Oc2nc(Oc3cccc(N(CC)CC)c3)nc(Oc3cccc(N(CC)CC)c3)n2)c1. The summed E-state index contributed by atoms with van der Waals surface area (Å²) >= 11 is 0. The fraction of sp³-hybridized carbons (Fsp3) is 0.364. The Morgan fingerprint density at radius 3 is 0.929 bits per heavy atom. The van der Waals surface area contributed by atoms with Crippen LogP contribution in [0.15, 0.2) is 72.8 Å². The number of ether oxygens (including phenoxy) is 3. The number of nitrogens with zero attached hydrogens (tertiary/aromatic N) is 6. The second kappa shape index (κ2) is 14.9. The maximum Gasteiger partial charge on any atom is 0.331 e. The summed E-state index contributed by atoms with van der Waals surface area (Å²) < 4.78 is 18.4. The molecular weight excluding hydrogens is 528 g/mol. The van der Waals surface area contributed by atoms with Crippen molar-refractivity contribution in [3.8, 4) is 35.3 Å². The Balaban J connectivity index is 1.68. The van der Waals surface area contributed by atoms with E-state index in [0.29, 0.717) is 17.2 Å². The molecule has 0 amide bonds. The fourth-order valence-electron chi connectivity index (χ4n) is 4.77. The van der Waals surface area contributed by atoms with Crippen molar-refractivity contribution in [2.75, 3.05) is 54.0 Å². The molecule has 0 radical (unpaired) electrons. The Morgan fingerprint density at radius 2 is 0.690 bits per heavy atom. The molecule has 0 aliphatic heterocycles. The highest BCUT2D eigenvalue weighted by atomic mass is 16.5. The summed E-state index contributed by atoms with van der Waals surface area (Å²) in [5.41, 5.74) is 3.17. The van der Waals surface area contributed by atoms with E-state index in [9.17, 15) is 0 Å². The minimum absolute atomic E-state index is 0.0755. The smallest absolute Gasteiger partial charge is 0.331 e. The standard InChI is InChI=1S/C33H42N6O3/c1-7-37(8-2)25-16-13-19-28(22-25)40-31-34-32(41-29-20-14-17-26(23-29)38(9-3)10-4)36-33(35-31)42-30-21-15-18-27(24-30)39(11-5)12-6/h13-24H,7-12H2,1-6H3. The average Bonchev–Trinajstić information content (AvgIpc) is 3.00. The molecule has 0 aliphatic carbocycles. The molecule has 0 bridgehead atoms. The molecule has 3 aromatic carbocycles. The molecule has 0 aliphatic rings. The highest BCUT2D eigenvalue weighted by molar-refractivity contribution is 5.53. The van der Waals surface area contributed by atoms with Crippen LogP contribution in [0.1, 0.15) is 41.5 Å². The molecule has 0 fully saturated rings. The van der Waals surface area contributed by atoms with E-state index in [1.165, 1.54) is 0 Å². The highest BCUT2D eigenvalue weighted by Crippen LogP contribution is 2.31. The van der Waals surface area contributed by atoms with Crippen molar-refractivity contribution >= 4 is 17.1 Å². The normalized spacial score (nSPS) is 10.7. The van der Waals surface area contributed by atoms with E-state index in [4.69, 9.17) is 14.2 Å². The Hall–Kier alpha value is -4.53. The lowest BCUT2D eigenvalue weighted by Crippen LogP contribution is -2.21. The Labute approximate surface area is 249 Å².